The summed E-state index contributed by atoms with van der Waals surface area (Å²) in [5.74, 6) is 2.75. The molecule has 0 saturated carbocycles. The molecule has 37 heavy (non-hydrogen) atoms. The fourth-order valence-corrected chi connectivity index (χ4v) is 5.96. The normalized spacial score (nSPS) is 18.2. The number of carbonyl (C=O) groups excluding carboxylic acids is 1. The van der Waals surface area contributed by atoms with Crippen LogP contribution in [0.2, 0.25) is 0 Å². The Labute approximate surface area is 220 Å². The predicted octanol–water partition coefficient (Wildman–Crippen LogP) is 4.31. The largest absolute Gasteiger partial charge is 0.348 e. The minimum Gasteiger partial charge on any atom is -0.348 e. The van der Waals surface area contributed by atoms with E-state index in [1.807, 2.05) is 24.5 Å². The Hall–Kier alpha value is -2.97. The van der Waals surface area contributed by atoms with Crippen LogP contribution in [0.1, 0.15) is 67.1 Å². The van der Waals surface area contributed by atoms with Gasteiger partial charge in [-0.15, -0.1) is 0 Å². The highest BCUT2D eigenvalue weighted by Crippen LogP contribution is 2.41. The molecule has 3 aromatic rings. The Balaban J connectivity index is 1.15. The fraction of sp³-hybridized carbons (Fsp3) is 0.552. The van der Waals surface area contributed by atoms with Crippen LogP contribution in [0, 0.1) is 11.3 Å². The SMILES string of the molecule is CC(C)CN1CCC2(CC1)CCN(C(=O)c1ccc(CN(Cc3ncc[nH]3)Cc3ncc[nH]3)cc1)CC2. The Morgan fingerprint density at radius 3 is 1.97 bits per heavy atom. The maximum Gasteiger partial charge on any atom is 0.253 e. The van der Waals surface area contributed by atoms with Crippen LogP contribution < -0.4 is 0 Å². The number of benzene rings is 1. The Bertz CT molecular complexity index is 1050. The molecule has 2 aliphatic rings. The molecule has 2 aliphatic heterocycles. The van der Waals surface area contributed by atoms with Gasteiger partial charge in [0.15, 0.2) is 0 Å². The molecule has 4 heterocycles. The summed E-state index contributed by atoms with van der Waals surface area (Å²) in [6, 6.07) is 8.15. The van der Waals surface area contributed by atoms with E-state index in [0.29, 0.717) is 18.5 Å². The van der Waals surface area contributed by atoms with Crippen molar-refractivity contribution in [2.24, 2.45) is 11.3 Å². The van der Waals surface area contributed by atoms with Crippen LogP contribution in [0.4, 0.5) is 0 Å². The van der Waals surface area contributed by atoms with Crippen molar-refractivity contribution in [3.8, 4) is 0 Å². The van der Waals surface area contributed by atoms with Gasteiger partial charge in [-0.2, -0.15) is 0 Å². The van der Waals surface area contributed by atoms with Crippen molar-refractivity contribution in [1.29, 1.82) is 0 Å². The topological polar surface area (TPSA) is 84.2 Å². The van der Waals surface area contributed by atoms with Crippen molar-refractivity contribution in [2.75, 3.05) is 32.7 Å². The molecular weight excluding hydrogens is 462 g/mol. The number of imidazole rings is 2. The Morgan fingerprint density at radius 1 is 0.892 bits per heavy atom. The van der Waals surface area contributed by atoms with Crippen LogP contribution in [0.5, 0.6) is 0 Å². The lowest BCUT2D eigenvalue weighted by molar-refractivity contribution is 0.0279. The van der Waals surface area contributed by atoms with E-state index >= 15 is 0 Å². The summed E-state index contributed by atoms with van der Waals surface area (Å²) in [5.41, 5.74) is 2.40. The molecule has 0 aliphatic carbocycles. The first kappa shape index (κ1) is 25.7. The molecule has 0 atom stereocenters. The van der Waals surface area contributed by atoms with Crippen molar-refractivity contribution in [1.82, 2.24) is 34.6 Å². The Kier molecular flexibility index (Phi) is 8.05. The van der Waals surface area contributed by atoms with Gasteiger partial charge >= 0.3 is 0 Å². The number of aromatic amines is 2. The van der Waals surface area contributed by atoms with Gasteiger partial charge in [0.1, 0.15) is 11.6 Å². The third kappa shape index (κ3) is 6.67. The third-order valence-corrected chi connectivity index (χ3v) is 8.11. The molecule has 0 unspecified atom stereocenters. The maximum atomic E-state index is 13.3. The van der Waals surface area contributed by atoms with E-state index in [9.17, 15) is 4.79 Å². The van der Waals surface area contributed by atoms with Crippen molar-refractivity contribution in [2.45, 2.75) is 59.2 Å². The number of likely N-dealkylation sites (tertiary alicyclic amines) is 2. The fourth-order valence-electron chi connectivity index (χ4n) is 5.96. The van der Waals surface area contributed by atoms with Gasteiger partial charge in [-0.05, 0) is 67.8 Å². The van der Waals surface area contributed by atoms with Crippen LogP contribution >= 0.6 is 0 Å². The number of hydrogen-bond donors (Lipinski definition) is 2. The second-order valence-corrected chi connectivity index (χ2v) is 11.4. The second kappa shape index (κ2) is 11.6. The van der Waals surface area contributed by atoms with Gasteiger partial charge in [-0.1, -0.05) is 26.0 Å². The number of H-pyrrole nitrogens is 2. The number of amides is 1. The van der Waals surface area contributed by atoms with Crippen molar-refractivity contribution in [3.05, 3.63) is 71.8 Å². The van der Waals surface area contributed by atoms with Gasteiger partial charge in [-0.3, -0.25) is 9.69 Å². The van der Waals surface area contributed by atoms with Crippen molar-refractivity contribution >= 4 is 5.91 Å². The summed E-state index contributed by atoms with van der Waals surface area (Å²) >= 11 is 0. The molecule has 2 saturated heterocycles. The number of hydrogen-bond acceptors (Lipinski definition) is 5. The monoisotopic (exact) mass is 503 g/mol. The number of nitrogens with zero attached hydrogens (tertiary/aromatic N) is 5. The zero-order valence-electron chi connectivity index (χ0n) is 22.3. The number of nitrogens with one attached hydrogen (secondary N) is 2. The zero-order chi connectivity index (χ0) is 25.7. The van der Waals surface area contributed by atoms with Gasteiger partial charge in [0, 0.05) is 56.5 Å². The van der Waals surface area contributed by atoms with Gasteiger partial charge in [0.05, 0.1) is 13.1 Å². The Morgan fingerprint density at radius 2 is 1.46 bits per heavy atom. The zero-order valence-corrected chi connectivity index (χ0v) is 22.3. The molecule has 198 valence electrons. The van der Waals surface area contributed by atoms with E-state index in [0.717, 1.165) is 55.6 Å². The van der Waals surface area contributed by atoms with E-state index in [2.05, 4.69) is 60.6 Å². The van der Waals surface area contributed by atoms with E-state index in [-0.39, 0.29) is 5.91 Å². The number of piperidine rings is 2. The summed E-state index contributed by atoms with van der Waals surface area (Å²) < 4.78 is 0. The quantitative estimate of drug-likeness (QED) is 0.455. The average molecular weight is 504 g/mol. The molecular formula is C29H41N7O. The van der Waals surface area contributed by atoms with Crippen molar-refractivity contribution in [3.63, 3.8) is 0 Å². The lowest BCUT2D eigenvalue weighted by Gasteiger charge is -2.47. The van der Waals surface area contributed by atoms with E-state index in [1.165, 1.54) is 38.0 Å². The van der Waals surface area contributed by atoms with Crippen LogP contribution in [0.3, 0.4) is 0 Å². The summed E-state index contributed by atoms with van der Waals surface area (Å²) in [6.07, 6.45) is 12.1. The third-order valence-electron chi connectivity index (χ3n) is 8.11. The molecule has 0 radical (unpaired) electrons. The first-order valence-electron chi connectivity index (χ1n) is 13.8. The van der Waals surface area contributed by atoms with Crippen LogP contribution in [0.25, 0.3) is 0 Å². The highest BCUT2D eigenvalue weighted by atomic mass is 16.2. The second-order valence-electron chi connectivity index (χ2n) is 11.4. The molecule has 0 bridgehead atoms. The van der Waals surface area contributed by atoms with E-state index in [1.54, 1.807) is 12.4 Å². The summed E-state index contributed by atoms with van der Waals surface area (Å²) in [4.78, 5) is 35.4. The maximum absolute atomic E-state index is 13.3. The molecule has 2 fully saturated rings. The summed E-state index contributed by atoms with van der Waals surface area (Å²) in [5, 5.41) is 0. The molecule has 1 spiro atoms. The highest BCUT2D eigenvalue weighted by Gasteiger charge is 2.38. The van der Waals surface area contributed by atoms with Gasteiger partial charge in [-0.25, -0.2) is 9.97 Å². The average Bonchev–Trinajstić information content (AvgIpc) is 3.61. The molecule has 8 heteroatoms. The van der Waals surface area contributed by atoms with Crippen LogP contribution in [0.15, 0.2) is 49.1 Å². The van der Waals surface area contributed by atoms with Gasteiger partial charge in [0.2, 0.25) is 0 Å². The first-order valence-corrected chi connectivity index (χ1v) is 13.8. The molecule has 1 aromatic carbocycles. The predicted molar refractivity (Wildman–Crippen MR) is 145 cm³/mol. The van der Waals surface area contributed by atoms with E-state index < -0.39 is 0 Å². The summed E-state index contributed by atoms with van der Waals surface area (Å²) in [6.45, 7) is 12.1. The lowest BCUT2D eigenvalue weighted by Crippen LogP contribution is -2.48. The van der Waals surface area contributed by atoms with Gasteiger partial charge < -0.3 is 19.8 Å². The molecule has 8 nitrogen and oxygen atoms in total. The minimum absolute atomic E-state index is 0.168. The molecule has 2 aromatic heterocycles. The van der Waals surface area contributed by atoms with Crippen molar-refractivity contribution < 1.29 is 4.79 Å². The lowest BCUT2D eigenvalue weighted by atomic mass is 9.71. The molecule has 1 amide bonds. The molecule has 5 rings (SSSR count). The number of carbonyl (C=O) groups is 1. The number of rotatable bonds is 9. The van der Waals surface area contributed by atoms with Gasteiger partial charge in [0.25, 0.3) is 5.91 Å². The number of aromatic nitrogens is 4. The summed E-state index contributed by atoms with van der Waals surface area (Å²) in [7, 11) is 0. The van der Waals surface area contributed by atoms with E-state index in [4.69, 9.17) is 0 Å². The first-order chi connectivity index (χ1) is 18.0. The highest BCUT2D eigenvalue weighted by molar-refractivity contribution is 5.94. The minimum atomic E-state index is 0.168. The molecule has 2 N–H and O–H groups in total. The smallest absolute Gasteiger partial charge is 0.253 e. The van der Waals surface area contributed by atoms with Crippen LogP contribution in [-0.4, -0.2) is 73.3 Å². The standard InChI is InChI=1S/C29H41N7O/c1-23(2)19-34-15-7-29(8-16-34)9-17-36(18-10-29)28(37)25-5-3-24(4-6-25)20-35(21-26-30-11-12-31-26)22-27-32-13-14-33-27/h3-6,11-14,23H,7-10,15-22H2,1-2H3,(H,30,31)(H,32,33). The van der Waals surface area contributed by atoms with Crippen LogP contribution in [-0.2, 0) is 19.6 Å².